The summed E-state index contributed by atoms with van der Waals surface area (Å²) in [6.07, 6.45) is 6.30. The Morgan fingerprint density at radius 2 is 1.87 bits per heavy atom. The molecule has 6 atom stereocenters. The zero-order valence-electron chi connectivity index (χ0n) is 13.9. The van der Waals surface area contributed by atoms with Crippen molar-refractivity contribution < 1.29 is 18.7 Å². The molecule has 3 fully saturated rings. The number of hydrogen-bond acceptors (Lipinski definition) is 2. The van der Waals surface area contributed by atoms with Gasteiger partial charge in [0, 0.05) is 12.0 Å². The van der Waals surface area contributed by atoms with E-state index in [1.165, 1.54) is 0 Å². The standard InChI is InChI=1S/C19H26F2O2/c1-17-10-8-16(23)19(20,21)14(17)5-3-11-12-4-6-15(22)18(12,2)9-7-13(11)17/h5,11-13,15,22H,3-4,6-10H2,1-2H3/t11-,12-,13-,15-,17+,18-/m0/s1. The molecular formula is C19H26F2O2. The number of rotatable bonds is 0. The minimum absolute atomic E-state index is 0.00534. The van der Waals surface area contributed by atoms with Gasteiger partial charge in [-0.1, -0.05) is 19.9 Å². The molecule has 3 saturated carbocycles. The maximum Gasteiger partial charge on any atom is 0.327 e. The number of aliphatic hydroxyl groups excluding tert-OH is 1. The normalized spacial score (nSPS) is 51.5. The topological polar surface area (TPSA) is 37.3 Å². The smallest absolute Gasteiger partial charge is 0.327 e. The largest absolute Gasteiger partial charge is 0.393 e. The summed E-state index contributed by atoms with van der Waals surface area (Å²) in [6, 6.07) is 0. The second kappa shape index (κ2) is 4.65. The summed E-state index contributed by atoms with van der Waals surface area (Å²) in [4.78, 5) is 11.7. The third-order valence-corrected chi connectivity index (χ3v) is 7.97. The van der Waals surface area contributed by atoms with Gasteiger partial charge >= 0.3 is 5.92 Å². The average molecular weight is 324 g/mol. The minimum Gasteiger partial charge on any atom is -0.393 e. The first-order chi connectivity index (χ1) is 10.7. The van der Waals surface area contributed by atoms with Gasteiger partial charge < -0.3 is 5.11 Å². The summed E-state index contributed by atoms with van der Waals surface area (Å²) in [7, 11) is 0. The Kier molecular flexibility index (Phi) is 3.18. The highest BCUT2D eigenvalue weighted by Crippen LogP contribution is 2.66. The van der Waals surface area contributed by atoms with E-state index in [1.807, 2.05) is 6.92 Å². The van der Waals surface area contributed by atoms with E-state index in [2.05, 4.69) is 6.92 Å². The van der Waals surface area contributed by atoms with E-state index in [4.69, 9.17) is 0 Å². The van der Waals surface area contributed by atoms with Gasteiger partial charge in [0.25, 0.3) is 0 Å². The lowest BCUT2D eigenvalue weighted by atomic mass is 9.47. The van der Waals surface area contributed by atoms with Gasteiger partial charge in [-0.05, 0) is 67.1 Å². The fourth-order valence-electron chi connectivity index (χ4n) is 6.55. The molecule has 4 heteroatoms. The summed E-state index contributed by atoms with van der Waals surface area (Å²) >= 11 is 0. The monoisotopic (exact) mass is 324 g/mol. The third kappa shape index (κ3) is 1.85. The highest BCUT2D eigenvalue weighted by Gasteiger charge is 2.63. The van der Waals surface area contributed by atoms with Crippen LogP contribution in [0.15, 0.2) is 11.6 Å². The Balaban J connectivity index is 1.74. The Bertz CT molecular complexity index is 584. The van der Waals surface area contributed by atoms with Crippen molar-refractivity contribution in [3.63, 3.8) is 0 Å². The van der Waals surface area contributed by atoms with Crippen LogP contribution in [0.4, 0.5) is 8.78 Å². The molecule has 2 nitrogen and oxygen atoms in total. The van der Waals surface area contributed by atoms with Gasteiger partial charge in [0.15, 0.2) is 0 Å². The summed E-state index contributed by atoms with van der Waals surface area (Å²) in [5.74, 6) is -3.14. The van der Waals surface area contributed by atoms with Crippen LogP contribution in [0.5, 0.6) is 0 Å². The summed E-state index contributed by atoms with van der Waals surface area (Å²) in [5, 5.41) is 10.4. The third-order valence-electron chi connectivity index (χ3n) is 7.97. The van der Waals surface area contributed by atoms with Crippen molar-refractivity contribution in [2.24, 2.45) is 28.6 Å². The van der Waals surface area contributed by atoms with Gasteiger partial charge in [-0.25, -0.2) is 0 Å². The quantitative estimate of drug-likeness (QED) is 0.681. The molecule has 1 N–H and O–H groups in total. The summed E-state index contributed by atoms with van der Waals surface area (Å²) in [5.41, 5.74) is -0.491. The van der Waals surface area contributed by atoms with Crippen molar-refractivity contribution in [2.45, 2.75) is 70.8 Å². The molecule has 0 saturated heterocycles. The molecular weight excluding hydrogens is 298 g/mol. The van der Waals surface area contributed by atoms with E-state index in [9.17, 15) is 18.7 Å². The van der Waals surface area contributed by atoms with Crippen molar-refractivity contribution in [3.05, 3.63) is 11.6 Å². The van der Waals surface area contributed by atoms with Gasteiger partial charge in [0.2, 0.25) is 5.78 Å². The predicted octanol–water partition coefficient (Wildman–Crippen LogP) is 4.12. The van der Waals surface area contributed by atoms with Crippen LogP contribution in [0, 0.1) is 28.6 Å². The molecule has 0 heterocycles. The highest BCUT2D eigenvalue weighted by molar-refractivity contribution is 5.90. The second-order valence-corrected chi connectivity index (χ2v) is 8.78. The van der Waals surface area contributed by atoms with Crippen LogP contribution in [-0.4, -0.2) is 22.9 Å². The minimum atomic E-state index is -3.27. The zero-order valence-corrected chi connectivity index (χ0v) is 13.9. The Hall–Kier alpha value is -0.770. The Labute approximate surface area is 136 Å². The van der Waals surface area contributed by atoms with Crippen molar-refractivity contribution in [1.29, 1.82) is 0 Å². The molecule has 0 bridgehead atoms. The molecule has 0 spiro atoms. The van der Waals surface area contributed by atoms with Crippen LogP contribution >= 0.6 is 0 Å². The molecule has 0 aromatic heterocycles. The average Bonchev–Trinajstić information content (AvgIpc) is 2.79. The lowest BCUT2D eigenvalue weighted by Crippen LogP contribution is -2.55. The second-order valence-electron chi connectivity index (χ2n) is 8.78. The molecule has 4 rings (SSSR count). The van der Waals surface area contributed by atoms with Gasteiger partial charge in [0.1, 0.15) is 0 Å². The number of allylic oxidation sites excluding steroid dienone is 2. The fourth-order valence-corrected chi connectivity index (χ4v) is 6.55. The molecule has 0 aliphatic heterocycles. The van der Waals surface area contributed by atoms with Gasteiger partial charge in [-0.15, -0.1) is 0 Å². The number of carbonyl (C=O) groups is 1. The van der Waals surface area contributed by atoms with E-state index < -0.39 is 17.1 Å². The zero-order chi connectivity index (χ0) is 16.6. The first kappa shape index (κ1) is 15.7. The van der Waals surface area contributed by atoms with E-state index in [1.54, 1.807) is 6.08 Å². The number of aliphatic hydroxyl groups is 1. The first-order valence-electron chi connectivity index (χ1n) is 9.01. The molecule has 4 aliphatic rings. The number of halogens is 2. The van der Waals surface area contributed by atoms with Crippen LogP contribution in [0.25, 0.3) is 0 Å². The predicted molar refractivity (Wildman–Crippen MR) is 83.0 cm³/mol. The van der Waals surface area contributed by atoms with E-state index in [0.717, 1.165) is 25.7 Å². The molecule has 128 valence electrons. The first-order valence-corrected chi connectivity index (χ1v) is 9.01. The van der Waals surface area contributed by atoms with Crippen LogP contribution in [0.1, 0.15) is 58.8 Å². The molecule has 0 radical (unpaired) electrons. The molecule has 0 aromatic rings. The van der Waals surface area contributed by atoms with E-state index >= 15 is 0 Å². The number of alkyl halides is 2. The lowest BCUT2D eigenvalue weighted by molar-refractivity contribution is -0.149. The van der Waals surface area contributed by atoms with Crippen LogP contribution in [0.2, 0.25) is 0 Å². The molecule has 0 amide bonds. The number of fused-ring (bicyclic) bond motifs is 5. The summed E-state index contributed by atoms with van der Waals surface area (Å²) in [6.45, 7) is 4.15. The molecule has 4 aliphatic carbocycles. The molecule has 0 aromatic carbocycles. The van der Waals surface area contributed by atoms with Gasteiger partial charge in [-0.2, -0.15) is 8.78 Å². The Morgan fingerprint density at radius 3 is 2.61 bits per heavy atom. The summed E-state index contributed by atoms with van der Waals surface area (Å²) < 4.78 is 29.0. The number of carbonyl (C=O) groups excluding carboxylic acids is 1. The van der Waals surface area contributed by atoms with Crippen molar-refractivity contribution in [2.75, 3.05) is 0 Å². The SMILES string of the molecule is C[C@]12CC[C@H]3[C@@H](CC=C4C(F)(F)C(=O)CC[C@@]43C)[C@@H]1CC[C@@H]2O. The van der Waals surface area contributed by atoms with Gasteiger partial charge in [-0.3, -0.25) is 4.79 Å². The van der Waals surface area contributed by atoms with Crippen LogP contribution < -0.4 is 0 Å². The number of ketones is 1. The maximum atomic E-state index is 14.5. The molecule has 0 unspecified atom stereocenters. The van der Waals surface area contributed by atoms with Gasteiger partial charge in [0.05, 0.1) is 6.10 Å². The van der Waals surface area contributed by atoms with Crippen molar-refractivity contribution in [3.8, 4) is 0 Å². The van der Waals surface area contributed by atoms with Crippen molar-refractivity contribution >= 4 is 5.78 Å². The van der Waals surface area contributed by atoms with E-state index in [0.29, 0.717) is 24.7 Å². The maximum absolute atomic E-state index is 14.5. The fraction of sp³-hybridized carbons (Fsp3) is 0.842. The van der Waals surface area contributed by atoms with Crippen LogP contribution in [-0.2, 0) is 4.79 Å². The highest BCUT2D eigenvalue weighted by atomic mass is 19.3. The van der Waals surface area contributed by atoms with Crippen molar-refractivity contribution in [1.82, 2.24) is 0 Å². The lowest BCUT2D eigenvalue weighted by Gasteiger charge is -2.57. The van der Waals surface area contributed by atoms with Crippen LogP contribution in [0.3, 0.4) is 0 Å². The van der Waals surface area contributed by atoms with E-state index in [-0.39, 0.29) is 29.4 Å². The molecule has 23 heavy (non-hydrogen) atoms. The number of hydrogen-bond donors (Lipinski definition) is 1. The number of Topliss-reactive ketones (excluding diaryl/α,β-unsaturated/α-hetero) is 1. The Morgan fingerprint density at radius 1 is 1.13 bits per heavy atom.